The Bertz CT molecular complexity index is 1010. The molecule has 0 radical (unpaired) electrons. The van der Waals surface area contributed by atoms with E-state index >= 15 is 0 Å². The molecule has 1 aromatic carbocycles. The second kappa shape index (κ2) is 14.3. The second-order valence-corrected chi connectivity index (χ2v) is 13.8. The van der Waals surface area contributed by atoms with Gasteiger partial charge in [0.15, 0.2) is 0 Å². The molecule has 214 valence electrons. The number of allylic oxidation sites excluding steroid dienone is 1. The molecule has 2 fully saturated rings. The van der Waals surface area contributed by atoms with Crippen LogP contribution in [0.15, 0.2) is 40.4 Å². The van der Waals surface area contributed by atoms with Gasteiger partial charge in [-0.05, 0) is 63.1 Å². The van der Waals surface area contributed by atoms with Crippen molar-refractivity contribution in [3.63, 3.8) is 0 Å². The van der Waals surface area contributed by atoms with Crippen LogP contribution in [0.5, 0.6) is 0 Å². The maximum atomic E-state index is 12.4. The molecule has 7 atom stereocenters. The SMILES string of the molecule is CO[C@@H]1[C@H](OC(=O)NC(=O)CCl)CC[C@](O)(C[S+](C)Cc2cccc(Br)c2)[C@H]1[C@@]1(C)O[C@@H]1CC=C(C)C.[Br-]. The first-order valence-electron chi connectivity index (χ1n) is 12.4. The van der Waals surface area contributed by atoms with Crippen molar-refractivity contribution < 1.29 is 45.9 Å². The Kier molecular flexibility index (Phi) is 12.7. The highest BCUT2D eigenvalue weighted by atomic mass is 79.9. The Morgan fingerprint density at radius 2 is 2.08 bits per heavy atom. The van der Waals surface area contributed by atoms with Gasteiger partial charge in [0.1, 0.15) is 40.8 Å². The first kappa shape index (κ1) is 33.6. The van der Waals surface area contributed by atoms with Crippen molar-refractivity contribution in [2.45, 2.75) is 75.3 Å². The normalized spacial score (nSPS) is 30.9. The monoisotopic (exact) mass is 697 g/mol. The van der Waals surface area contributed by atoms with Gasteiger partial charge in [0, 0.05) is 17.1 Å². The van der Waals surface area contributed by atoms with Crippen molar-refractivity contribution in [2.24, 2.45) is 5.92 Å². The summed E-state index contributed by atoms with van der Waals surface area (Å²) < 4.78 is 18.8. The lowest BCUT2D eigenvalue weighted by molar-refractivity contribution is -0.170. The van der Waals surface area contributed by atoms with Gasteiger partial charge in [0.2, 0.25) is 5.91 Å². The highest BCUT2D eigenvalue weighted by Crippen LogP contribution is 2.55. The third kappa shape index (κ3) is 8.44. The molecule has 0 bridgehead atoms. The number of aliphatic hydroxyl groups is 1. The van der Waals surface area contributed by atoms with Crippen LogP contribution in [0.2, 0.25) is 0 Å². The lowest BCUT2D eigenvalue weighted by atomic mass is 9.66. The van der Waals surface area contributed by atoms with Crippen LogP contribution in [0.1, 0.15) is 45.6 Å². The lowest BCUT2D eigenvalue weighted by Crippen LogP contribution is -3.00. The number of methoxy groups -OCH3 is 1. The number of halogens is 3. The number of carbonyl (C=O) groups excluding carboxylic acids is 2. The van der Waals surface area contributed by atoms with Crippen LogP contribution in [0, 0.1) is 5.92 Å². The van der Waals surface area contributed by atoms with Crippen molar-refractivity contribution in [3.8, 4) is 0 Å². The van der Waals surface area contributed by atoms with E-state index < -0.39 is 41.3 Å². The zero-order valence-corrected chi connectivity index (χ0v) is 27.2. The Morgan fingerprint density at radius 3 is 2.68 bits per heavy atom. The molecule has 7 nitrogen and oxygen atoms in total. The molecule has 38 heavy (non-hydrogen) atoms. The fraction of sp³-hybridized carbons (Fsp3) is 0.630. The molecule has 1 aliphatic carbocycles. The van der Waals surface area contributed by atoms with Crippen LogP contribution in [-0.2, 0) is 35.7 Å². The molecule has 1 saturated carbocycles. The van der Waals surface area contributed by atoms with E-state index in [1.165, 1.54) is 11.1 Å². The predicted octanol–water partition coefficient (Wildman–Crippen LogP) is 1.73. The largest absolute Gasteiger partial charge is 1.00 e. The molecule has 1 aliphatic heterocycles. The summed E-state index contributed by atoms with van der Waals surface area (Å²) in [6.07, 6.45) is 3.65. The number of alkyl carbamates (subject to hydrolysis) is 1. The number of epoxide rings is 1. The van der Waals surface area contributed by atoms with Crippen LogP contribution >= 0.6 is 27.5 Å². The van der Waals surface area contributed by atoms with E-state index in [4.69, 9.17) is 25.8 Å². The molecule has 1 aromatic rings. The van der Waals surface area contributed by atoms with E-state index in [0.717, 1.165) is 16.6 Å². The second-order valence-electron chi connectivity index (χ2n) is 10.5. The van der Waals surface area contributed by atoms with Gasteiger partial charge < -0.3 is 36.3 Å². The third-order valence-electron chi connectivity index (χ3n) is 7.16. The quantitative estimate of drug-likeness (QED) is 0.167. The Labute approximate surface area is 252 Å². The van der Waals surface area contributed by atoms with Gasteiger partial charge in [0.25, 0.3) is 0 Å². The van der Waals surface area contributed by atoms with Crippen molar-refractivity contribution >= 4 is 50.4 Å². The van der Waals surface area contributed by atoms with Crippen LogP contribution < -0.4 is 22.3 Å². The molecule has 2 amide bonds. The summed E-state index contributed by atoms with van der Waals surface area (Å²) in [5.41, 5.74) is 0.676. The molecule has 0 aromatic heterocycles. The van der Waals surface area contributed by atoms with Gasteiger partial charge in [-0.1, -0.05) is 39.7 Å². The van der Waals surface area contributed by atoms with E-state index in [1.807, 2.05) is 32.9 Å². The summed E-state index contributed by atoms with van der Waals surface area (Å²) in [7, 11) is 1.42. The highest BCUT2D eigenvalue weighted by Gasteiger charge is 2.68. The maximum Gasteiger partial charge on any atom is 0.414 e. The number of hydrogen-bond donors (Lipinski definition) is 2. The number of benzene rings is 1. The van der Waals surface area contributed by atoms with Crippen molar-refractivity contribution in [2.75, 3.05) is 25.0 Å². The molecule has 11 heteroatoms. The summed E-state index contributed by atoms with van der Waals surface area (Å²) in [6.45, 7) is 6.10. The first-order valence-corrected chi connectivity index (χ1v) is 15.7. The van der Waals surface area contributed by atoms with E-state index in [-0.39, 0.29) is 39.9 Å². The average molecular weight is 700 g/mol. The predicted molar refractivity (Wildman–Crippen MR) is 151 cm³/mol. The van der Waals surface area contributed by atoms with E-state index in [0.29, 0.717) is 18.6 Å². The number of carbonyl (C=O) groups is 2. The summed E-state index contributed by atoms with van der Waals surface area (Å²) >= 11 is 9.05. The fourth-order valence-corrected chi connectivity index (χ4v) is 8.08. The van der Waals surface area contributed by atoms with Gasteiger partial charge in [-0.3, -0.25) is 10.1 Å². The van der Waals surface area contributed by atoms with Crippen molar-refractivity contribution in [1.29, 1.82) is 0 Å². The van der Waals surface area contributed by atoms with Crippen LogP contribution in [-0.4, -0.2) is 71.6 Å². The number of alkyl halides is 1. The molecular weight excluding hydrogens is 662 g/mol. The minimum Gasteiger partial charge on any atom is -1.00 e. The van der Waals surface area contributed by atoms with E-state index in [9.17, 15) is 14.7 Å². The fourth-order valence-electron chi connectivity index (χ4n) is 5.54. The Balaban J connectivity index is 0.00000507. The van der Waals surface area contributed by atoms with Crippen LogP contribution in [0.4, 0.5) is 4.79 Å². The zero-order chi connectivity index (χ0) is 27.4. The Hall–Kier alpha value is -0.620. The molecule has 0 spiro atoms. The third-order valence-corrected chi connectivity index (χ3v) is 9.72. The van der Waals surface area contributed by atoms with Crippen molar-refractivity contribution in [3.05, 3.63) is 46.0 Å². The van der Waals surface area contributed by atoms with Gasteiger partial charge in [0.05, 0.1) is 18.3 Å². The van der Waals surface area contributed by atoms with Gasteiger partial charge in [-0.2, -0.15) is 0 Å². The summed E-state index contributed by atoms with van der Waals surface area (Å²) in [5.74, 6) is 0.0000360. The topological polar surface area (TPSA) is 97.4 Å². The van der Waals surface area contributed by atoms with Crippen LogP contribution in [0.25, 0.3) is 0 Å². The molecule has 2 aliphatic rings. The van der Waals surface area contributed by atoms with Gasteiger partial charge in [-0.15, -0.1) is 11.6 Å². The standard InChI is InChI=1S/C27H37BrClNO6S.BrH/c1-17(2)9-10-21-26(3,36-21)24-23(34-4)20(35-25(32)30-22(31)14-29)11-12-27(24,33)16-37(5)15-18-7-6-8-19(28)13-18;/h6-9,13,20-21,23-24,33H,10-12,14-16H2,1-5H3;1H/t20-,21-,23-,24-,26+,27+,37?;/m1./s1. The first-order chi connectivity index (χ1) is 17.4. The number of ether oxygens (including phenoxy) is 3. The summed E-state index contributed by atoms with van der Waals surface area (Å²) in [6, 6.07) is 8.22. The molecule has 1 heterocycles. The molecule has 1 unspecified atom stereocenters. The van der Waals surface area contributed by atoms with Crippen molar-refractivity contribution in [1.82, 2.24) is 5.32 Å². The highest BCUT2D eigenvalue weighted by molar-refractivity contribution is 9.10. The maximum absolute atomic E-state index is 12.4. The number of rotatable bonds is 10. The average Bonchev–Trinajstić information content (AvgIpc) is 3.48. The molecular formula is C27H38Br2ClNO6S. The number of hydrogen-bond acceptors (Lipinski definition) is 6. The molecule has 2 N–H and O–H groups in total. The molecule has 1 saturated heterocycles. The van der Waals surface area contributed by atoms with Crippen LogP contribution in [0.3, 0.4) is 0 Å². The van der Waals surface area contributed by atoms with E-state index in [2.05, 4.69) is 45.7 Å². The summed E-state index contributed by atoms with van der Waals surface area (Å²) in [4.78, 5) is 23.9. The number of amides is 2. The van der Waals surface area contributed by atoms with Gasteiger partial charge >= 0.3 is 6.09 Å². The zero-order valence-electron chi connectivity index (χ0n) is 22.5. The van der Waals surface area contributed by atoms with E-state index in [1.54, 1.807) is 7.11 Å². The Morgan fingerprint density at radius 1 is 1.37 bits per heavy atom. The van der Waals surface area contributed by atoms with Gasteiger partial charge in [-0.25, -0.2) is 4.79 Å². The number of imide groups is 1. The lowest BCUT2D eigenvalue weighted by Gasteiger charge is -2.48. The smallest absolute Gasteiger partial charge is 0.414 e. The molecule has 3 rings (SSSR count). The minimum absolute atomic E-state index is 0. The minimum atomic E-state index is -1.08. The summed E-state index contributed by atoms with van der Waals surface area (Å²) in [5, 5.41) is 14.4. The number of nitrogens with one attached hydrogen (secondary N) is 1.